The Morgan fingerprint density at radius 3 is 2.31 bits per heavy atom. The average Bonchev–Trinajstić information content (AvgIpc) is 2.92. The molecular weight excluding hydrogens is 340 g/mol. The highest BCUT2D eigenvalue weighted by molar-refractivity contribution is 5.94. The van der Waals surface area contributed by atoms with E-state index in [0.717, 1.165) is 0 Å². The Labute approximate surface area is 154 Å². The van der Waals surface area contributed by atoms with Crippen LogP contribution in [0.25, 0.3) is 0 Å². The SMILES string of the molecule is CC(C)NC(=O)[C@H](CC(N)=O)NC(=O)[C@@H]1CCCN1C(=O)OC(C)(C)C. The first-order valence-corrected chi connectivity index (χ1v) is 8.79. The van der Waals surface area contributed by atoms with Gasteiger partial charge in [0.05, 0.1) is 6.42 Å². The van der Waals surface area contributed by atoms with Crippen molar-refractivity contribution in [3.8, 4) is 0 Å². The van der Waals surface area contributed by atoms with E-state index >= 15 is 0 Å². The van der Waals surface area contributed by atoms with Crippen LogP contribution >= 0.6 is 0 Å². The third kappa shape index (κ3) is 6.89. The van der Waals surface area contributed by atoms with E-state index in [4.69, 9.17) is 10.5 Å². The fraction of sp³-hybridized carbons (Fsp3) is 0.765. The van der Waals surface area contributed by atoms with Gasteiger partial charge in [0.25, 0.3) is 0 Å². The summed E-state index contributed by atoms with van der Waals surface area (Å²) >= 11 is 0. The van der Waals surface area contributed by atoms with Gasteiger partial charge in [-0.2, -0.15) is 0 Å². The Bertz CT molecular complexity index is 556. The molecule has 0 unspecified atom stereocenters. The minimum Gasteiger partial charge on any atom is -0.444 e. The second-order valence-electron chi connectivity index (χ2n) is 7.73. The van der Waals surface area contributed by atoms with Crippen molar-refractivity contribution >= 4 is 23.8 Å². The first kappa shape index (κ1) is 21.7. The van der Waals surface area contributed by atoms with Crippen molar-refractivity contribution in [1.29, 1.82) is 0 Å². The van der Waals surface area contributed by atoms with Crippen LogP contribution in [0, 0.1) is 0 Å². The van der Waals surface area contributed by atoms with Gasteiger partial charge in [0, 0.05) is 12.6 Å². The minimum atomic E-state index is -1.08. The van der Waals surface area contributed by atoms with Gasteiger partial charge in [0.2, 0.25) is 17.7 Å². The Kier molecular flexibility index (Phi) is 7.41. The highest BCUT2D eigenvalue weighted by atomic mass is 16.6. The van der Waals surface area contributed by atoms with Crippen LogP contribution in [0.5, 0.6) is 0 Å². The maximum Gasteiger partial charge on any atom is 0.410 e. The summed E-state index contributed by atoms with van der Waals surface area (Å²) < 4.78 is 5.33. The second kappa shape index (κ2) is 8.86. The first-order chi connectivity index (χ1) is 11.9. The van der Waals surface area contributed by atoms with E-state index in [0.29, 0.717) is 19.4 Å². The molecule has 1 saturated heterocycles. The number of rotatable bonds is 6. The molecule has 0 aromatic rings. The summed E-state index contributed by atoms with van der Waals surface area (Å²) in [7, 11) is 0. The molecule has 0 aromatic heterocycles. The summed E-state index contributed by atoms with van der Waals surface area (Å²) in [5, 5.41) is 5.18. The Balaban J connectivity index is 2.81. The number of hydrogen-bond donors (Lipinski definition) is 3. The van der Waals surface area contributed by atoms with Crippen LogP contribution in [0.15, 0.2) is 0 Å². The van der Waals surface area contributed by atoms with Crippen LogP contribution in [0.3, 0.4) is 0 Å². The monoisotopic (exact) mass is 370 g/mol. The van der Waals surface area contributed by atoms with Gasteiger partial charge in [-0.15, -0.1) is 0 Å². The maximum absolute atomic E-state index is 12.6. The standard InChI is InChI=1S/C17H30N4O5/c1-10(2)19-14(23)11(9-13(18)22)20-15(24)12-7-6-8-21(12)16(25)26-17(3,4)5/h10-12H,6-9H2,1-5H3,(H2,18,22)(H,19,23)(H,20,24)/t11-,12-/m0/s1. The summed E-state index contributed by atoms with van der Waals surface area (Å²) in [6.45, 7) is 9.16. The van der Waals surface area contributed by atoms with Gasteiger partial charge in [-0.25, -0.2) is 4.79 Å². The van der Waals surface area contributed by atoms with E-state index in [1.807, 2.05) is 0 Å². The molecule has 2 atom stereocenters. The van der Waals surface area contributed by atoms with Gasteiger partial charge in [0.15, 0.2) is 0 Å². The first-order valence-electron chi connectivity index (χ1n) is 8.79. The van der Waals surface area contributed by atoms with Crippen molar-refractivity contribution in [3.63, 3.8) is 0 Å². The summed E-state index contributed by atoms with van der Waals surface area (Å²) in [4.78, 5) is 49.7. The zero-order valence-electron chi connectivity index (χ0n) is 16.1. The van der Waals surface area contributed by atoms with Gasteiger partial charge >= 0.3 is 6.09 Å². The zero-order chi connectivity index (χ0) is 20.1. The maximum atomic E-state index is 12.6. The van der Waals surface area contributed by atoms with Crippen molar-refractivity contribution in [2.75, 3.05) is 6.54 Å². The third-order valence-corrected chi connectivity index (χ3v) is 3.65. The quantitative estimate of drug-likeness (QED) is 0.618. The highest BCUT2D eigenvalue weighted by Gasteiger charge is 2.38. The van der Waals surface area contributed by atoms with E-state index < -0.39 is 41.5 Å². The molecule has 148 valence electrons. The molecule has 9 heteroatoms. The number of hydrogen-bond acceptors (Lipinski definition) is 5. The molecule has 0 spiro atoms. The molecule has 0 radical (unpaired) electrons. The van der Waals surface area contributed by atoms with E-state index in [2.05, 4.69) is 10.6 Å². The van der Waals surface area contributed by atoms with Crippen molar-refractivity contribution in [3.05, 3.63) is 0 Å². The fourth-order valence-corrected chi connectivity index (χ4v) is 2.64. The number of amides is 4. The molecule has 1 fully saturated rings. The van der Waals surface area contributed by atoms with Crippen LogP contribution in [0.4, 0.5) is 4.79 Å². The van der Waals surface area contributed by atoms with Gasteiger partial charge in [-0.1, -0.05) is 0 Å². The largest absolute Gasteiger partial charge is 0.444 e. The molecule has 9 nitrogen and oxygen atoms in total. The molecule has 1 aliphatic heterocycles. The van der Waals surface area contributed by atoms with Crippen molar-refractivity contribution in [2.24, 2.45) is 5.73 Å². The number of carbonyl (C=O) groups is 4. The van der Waals surface area contributed by atoms with E-state index in [1.54, 1.807) is 34.6 Å². The molecule has 0 saturated carbocycles. The van der Waals surface area contributed by atoms with Crippen LogP contribution in [-0.2, 0) is 19.1 Å². The lowest BCUT2D eigenvalue weighted by Crippen LogP contribution is -2.55. The number of carbonyl (C=O) groups excluding carboxylic acids is 4. The number of nitrogens with two attached hydrogens (primary N) is 1. The third-order valence-electron chi connectivity index (χ3n) is 3.65. The number of likely N-dealkylation sites (tertiary alicyclic amines) is 1. The molecular formula is C17H30N4O5. The fourth-order valence-electron chi connectivity index (χ4n) is 2.64. The van der Waals surface area contributed by atoms with Crippen LogP contribution < -0.4 is 16.4 Å². The van der Waals surface area contributed by atoms with Crippen molar-refractivity contribution < 1.29 is 23.9 Å². The summed E-state index contributed by atoms with van der Waals surface area (Å²) in [5.74, 6) is -1.70. The lowest BCUT2D eigenvalue weighted by atomic mass is 10.1. The Morgan fingerprint density at radius 1 is 1.19 bits per heavy atom. The smallest absolute Gasteiger partial charge is 0.410 e. The van der Waals surface area contributed by atoms with E-state index in [9.17, 15) is 19.2 Å². The number of nitrogens with one attached hydrogen (secondary N) is 2. The number of primary amides is 1. The Hall–Kier alpha value is -2.32. The van der Waals surface area contributed by atoms with E-state index in [-0.39, 0.29) is 12.5 Å². The molecule has 4 amide bonds. The highest BCUT2D eigenvalue weighted by Crippen LogP contribution is 2.21. The van der Waals surface area contributed by atoms with Gasteiger partial charge in [-0.05, 0) is 47.5 Å². The van der Waals surface area contributed by atoms with Crippen LogP contribution in [0.2, 0.25) is 0 Å². The van der Waals surface area contributed by atoms with Gasteiger partial charge in [0.1, 0.15) is 17.7 Å². The lowest BCUT2D eigenvalue weighted by molar-refractivity contribution is -0.133. The minimum absolute atomic E-state index is 0.153. The second-order valence-corrected chi connectivity index (χ2v) is 7.73. The predicted molar refractivity (Wildman–Crippen MR) is 95.0 cm³/mol. The Morgan fingerprint density at radius 2 is 1.81 bits per heavy atom. The molecule has 0 bridgehead atoms. The molecule has 1 heterocycles. The van der Waals surface area contributed by atoms with E-state index in [1.165, 1.54) is 4.90 Å². The topological polar surface area (TPSA) is 131 Å². The predicted octanol–water partition coefficient (Wildman–Crippen LogP) is 0.271. The lowest BCUT2D eigenvalue weighted by Gasteiger charge is -2.29. The van der Waals surface area contributed by atoms with Crippen LogP contribution in [-0.4, -0.2) is 59.0 Å². The van der Waals surface area contributed by atoms with Crippen molar-refractivity contribution in [1.82, 2.24) is 15.5 Å². The van der Waals surface area contributed by atoms with Gasteiger partial charge < -0.3 is 21.1 Å². The zero-order valence-corrected chi connectivity index (χ0v) is 16.1. The number of ether oxygens (including phenoxy) is 1. The molecule has 4 N–H and O–H groups in total. The van der Waals surface area contributed by atoms with Crippen LogP contribution in [0.1, 0.15) is 53.9 Å². The molecule has 1 aliphatic rings. The summed E-state index contributed by atoms with van der Waals surface area (Å²) in [6, 6.07) is -1.98. The molecule has 1 rings (SSSR count). The molecule has 0 aromatic carbocycles. The van der Waals surface area contributed by atoms with Gasteiger partial charge in [-0.3, -0.25) is 19.3 Å². The molecule has 26 heavy (non-hydrogen) atoms. The molecule has 0 aliphatic carbocycles. The van der Waals surface area contributed by atoms with Crippen molar-refractivity contribution in [2.45, 2.75) is 77.6 Å². The number of nitrogens with zero attached hydrogens (tertiary/aromatic N) is 1. The average molecular weight is 370 g/mol. The summed E-state index contributed by atoms with van der Waals surface area (Å²) in [5.41, 5.74) is 4.51. The summed E-state index contributed by atoms with van der Waals surface area (Å²) in [6.07, 6.45) is 0.216. The normalized spacial score (nSPS) is 18.4.